The van der Waals surface area contributed by atoms with E-state index < -0.39 is 9.89 Å². The number of azide groups is 1. The van der Waals surface area contributed by atoms with Crippen LogP contribution in [0.3, 0.4) is 0 Å². The fraction of sp³-hybridized carbons (Fsp3) is 0.235. The van der Waals surface area contributed by atoms with Crippen molar-refractivity contribution in [2.45, 2.75) is 25.4 Å². The molecule has 2 aromatic carbocycles. The molecule has 0 heterocycles. The maximum absolute atomic E-state index is 12.8. The van der Waals surface area contributed by atoms with Crippen molar-refractivity contribution in [2.75, 3.05) is 0 Å². The Balaban J connectivity index is 1.92. The van der Waals surface area contributed by atoms with E-state index in [1.165, 1.54) is 11.1 Å². The first-order chi connectivity index (χ1) is 11.1. The second-order valence-corrected chi connectivity index (χ2v) is 7.52. The second-order valence-electron chi connectivity index (χ2n) is 5.67. The minimum Gasteiger partial charge on any atom is -0.245 e. The van der Waals surface area contributed by atoms with E-state index in [0.29, 0.717) is 6.54 Å². The van der Waals surface area contributed by atoms with Gasteiger partial charge in [0.2, 0.25) is 0 Å². The number of hydrogen-bond donors (Lipinski definition) is 0. The van der Waals surface area contributed by atoms with Crippen LogP contribution in [-0.4, -0.2) is 20.4 Å². The molecule has 0 fully saturated rings. The van der Waals surface area contributed by atoms with Gasteiger partial charge >= 0.3 is 0 Å². The van der Waals surface area contributed by atoms with Crippen LogP contribution >= 0.6 is 0 Å². The predicted octanol–water partition coefficient (Wildman–Crippen LogP) is 3.51. The van der Waals surface area contributed by atoms with Crippen molar-refractivity contribution in [1.29, 1.82) is 0 Å². The molecule has 0 amide bonds. The molecule has 3 rings (SSSR count). The minimum absolute atomic E-state index is 0.0168. The van der Waals surface area contributed by atoms with E-state index in [-0.39, 0.29) is 6.04 Å². The van der Waals surface area contributed by atoms with Gasteiger partial charge < -0.3 is 0 Å². The number of rotatable bonds is 5. The van der Waals surface area contributed by atoms with E-state index >= 15 is 0 Å². The van der Waals surface area contributed by atoms with Crippen LogP contribution in [0.1, 0.15) is 16.7 Å². The summed E-state index contributed by atoms with van der Waals surface area (Å²) in [6, 6.07) is 18.0. The van der Waals surface area contributed by atoms with Crippen LogP contribution in [0.25, 0.3) is 10.4 Å². The van der Waals surface area contributed by atoms with Crippen LogP contribution in [0.15, 0.2) is 59.1 Å². The Morgan fingerprint density at radius 3 is 2.26 bits per heavy atom. The molecule has 0 saturated heterocycles. The lowest BCUT2D eigenvalue weighted by atomic mass is 10.1. The van der Waals surface area contributed by atoms with E-state index in [9.17, 15) is 4.21 Å². The average molecular weight is 326 g/mol. The summed E-state index contributed by atoms with van der Waals surface area (Å²) in [5.41, 5.74) is 12.3. The van der Waals surface area contributed by atoms with E-state index in [4.69, 9.17) is 5.53 Å². The van der Waals surface area contributed by atoms with Gasteiger partial charge in [0.15, 0.2) is 0 Å². The van der Waals surface area contributed by atoms with Gasteiger partial charge in [0.05, 0.1) is 0 Å². The Labute approximate surface area is 136 Å². The largest absolute Gasteiger partial charge is 0.245 e. The molecule has 5 nitrogen and oxygen atoms in total. The molecule has 1 aliphatic rings. The first kappa shape index (κ1) is 15.6. The normalized spacial score (nSPS) is 16.6. The third-order valence-electron chi connectivity index (χ3n) is 4.15. The first-order valence-corrected chi connectivity index (χ1v) is 9.05. The van der Waals surface area contributed by atoms with Gasteiger partial charge in [0.25, 0.3) is 0 Å². The molecule has 1 atom stereocenters. The zero-order valence-electron chi connectivity index (χ0n) is 12.7. The van der Waals surface area contributed by atoms with Crippen LogP contribution in [0.2, 0.25) is 0 Å². The van der Waals surface area contributed by atoms with Crippen LogP contribution in [0, 0.1) is 0 Å². The number of fused-ring (bicyclic) bond motifs is 1. The summed E-state index contributed by atoms with van der Waals surface area (Å²) in [6.07, 6.45) is 1.58. The fourth-order valence-electron chi connectivity index (χ4n) is 3.07. The minimum atomic E-state index is -3.03. The summed E-state index contributed by atoms with van der Waals surface area (Å²) in [7, 11) is -3.03. The quantitative estimate of drug-likeness (QED) is 0.359. The molecule has 0 radical (unpaired) electrons. The molecular formula is C17H18N4OS. The van der Waals surface area contributed by atoms with Gasteiger partial charge in [-0.15, -0.1) is 0 Å². The third-order valence-corrected chi connectivity index (χ3v) is 5.64. The lowest BCUT2D eigenvalue weighted by Gasteiger charge is -2.29. The first-order valence-electron chi connectivity index (χ1n) is 7.41. The van der Waals surface area contributed by atoms with Crippen molar-refractivity contribution < 1.29 is 4.21 Å². The van der Waals surface area contributed by atoms with Crippen LogP contribution in [0.5, 0.6) is 0 Å². The van der Waals surface area contributed by atoms with E-state index in [1.807, 2.05) is 42.5 Å². The number of hydrogen-bond acceptors (Lipinski definition) is 1. The average Bonchev–Trinajstić information content (AvgIpc) is 2.97. The smallest absolute Gasteiger partial charge is 0.113 e. The molecule has 1 unspecified atom stereocenters. The lowest BCUT2D eigenvalue weighted by Crippen LogP contribution is -2.39. The molecule has 0 bridgehead atoms. The van der Waals surface area contributed by atoms with Crippen LogP contribution < -0.4 is 0 Å². The van der Waals surface area contributed by atoms with Crippen molar-refractivity contribution >= 4 is 15.8 Å². The summed E-state index contributed by atoms with van der Waals surface area (Å²) in [6.45, 7) is 0.445. The Bertz CT molecular complexity index is 817. The van der Waals surface area contributed by atoms with E-state index in [2.05, 4.69) is 27.4 Å². The van der Waals surface area contributed by atoms with Crippen LogP contribution in [-0.2, 0) is 29.3 Å². The van der Waals surface area contributed by atoms with Gasteiger partial charge in [0.1, 0.15) is 9.89 Å². The second kappa shape index (κ2) is 6.46. The molecule has 0 spiro atoms. The number of nitrogens with zero attached hydrogens (tertiary/aromatic N) is 4. The van der Waals surface area contributed by atoms with Gasteiger partial charge in [-0.2, -0.15) is 0 Å². The number of benzene rings is 2. The predicted molar refractivity (Wildman–Crippen MR) is 94.0 cm³/mol. The molecule has 0 aliphatic heterocycles. The van der Waals surface area contributed by atoms with Crippen LogP contribution in [0.4, 0.5) is 0 Å². The van der Waals surface area contributed by atoms with E-state index in [1.54, 1.807) is 4.31 Å². The Kier molecular flexibility index (Phi) is 4.39. The maximum atomic E-state index is 12.8. The van der Waals surface area contributed by atoms with Crippen molar-refractivity contribution in [3.63, 3.8) is 0 Å². The van der Waals surface area contributed by atoms with Gasteiger partial charge in [-0.1, -0.05) is 54.6 Å². The van der Waals surface area contributed by atoms with Crippen molar-refractivity contribution in [2.24, 2.45) is 4.52 Å². The highest BCUT2D eigenvalue weighted by atomic mass is 32.2. The monoisotopic (exact) mass is 326 g/mol. The SMILES string of the molecule is C=S(=O)(N=[N+]=[N-])N(Cc1ccccc1)C1Cc2ccccc2C1. The molecule has 23 heavy (non-hydrogen) atoms. The molecule has 1 aliphatic carbocycles. The molecule has 6 heteroatoms. The highest BCUT2D eigenvalue weighted by Crippen LogP contribution is 2.28. The zero-order chi connectivity index (χ0) is 16.3. The third kappa shape index (κ3) is 3.40. The summed E-state index contributed by atoms with van der Waals surface area (Å²) >= 11 is 0. The summed E-state index contributed by atoms with van der Waals surface area (Å²) in [4.78, 5) is 2.74. The summed E-state index contributed by atoms with van der Waals surface area (Å²) < 4.78 is 18.1. The maximum Gasteiger partial charge on any atom is 0.113 e. The van der Waals surface area contributed by atoms with Gasteiger partial charge in [-0.3, -0.25) is 0 Å². The Hall–Kier alpha value is -2.27. The Morgan fingerprint density at radius 2 is 1.70 bits per heavy atom. The Morgan fingerprint density at radius 1 is 1.13 bits per heavy atom. The molecule has 0 aromatic heterocycles. The summed E-state index contributed by atoms with van der Waals surface area (Å²) in [5.74, 6) is 3.70. The molecule has 0 saturated carbocycles. The zero-order valence-corrected chi connectivity index (χ0v) is 13.5. The molecule has 118 valence electrons. The lowest BCUT2D eigenvalue weighted by molar-refractivity contribution is 0.338. The van der Waals surface area contributed by atoms with Gasteiger partial charge in [-0.25, -0.2) is 8.51 Å². The van der Waals surface area contributed by atoms with Crippen molar-refractivity contribution in [3.8, 4) is 0 Å². The standard InChI is InChI=1S/C17H18N4OS/c1-23(22,20-19-18)21(13-14-7-3-2-4-8-14)17-11-15-9-5-6-10-16(15)12-17/h2-10,17H,1,11-13H2. The summed E-state index contributed by atoms with van der Waals surface area (Å²) in [5, 5.41) is 0. The van der Waals surface area contributed by atoms with Crippen molar-refractivity contribution in [3.05, 3.63) is 81.7 Å². The highest BCUT2D eigenvalue weighted by molar-refractivity contribution is 7.96. The molecule has 2 aromatic rings. The van der Waals surface area contributed by atoms with Crippen molar-refractivity contribution in [1.82, 2.24) is 4.31 Å². The topological polar surface area (TPSA) is 69.1 Å². The highest BCUT2D eigenvalue weighted by Gasteiger charge is 2.31. The van der Waals surface area contributed by atoms with E-state index in [0.717, 1.165) is 18.4 Å². The van der Waals surface area contributed by atoms with Gasteiger partial charge in [-0.05, 0) is 40.9 Å². The fourth-order valence-corrected chi connectivity index (χ4v) is 4.24. The molecular weight excluding hydrogens is 308 g/mol. The molecule has 0 N–H and O–H groups in total. The van der Waals surface area contributed by atoms with Gasteiger partial charge in [0, 0.05) is 22.0 Å².